The zero-order valence-electron chi connectivity index (χ0n) is 14.8. The predicted octanol–water partition coefficient (Wildman–Crippen LogP) is 4.04. The highest BCUT2D eigenvalue weighted by Crippen LogP contribution is 2.42. The zero-order valence-corrected chi connectivity index (χ0v) is 14.8. The van der Waals surface area contributed by atoms with E-state index in [0.29, 0.717) is 22.6 Å². The number of rotatable bonds is 4. The van der Waals surface area contributed by atoms with E-state index in [0.717, 1.165) is 0 Å². The fourth-order valence-corrected chi connectivity index (χ4v) is 2.43. The maximum Gasteiger partial charge on any atom is 0.525 e. The lowest BCUT2D eigenvalue weighted by atomic mass is 9.83. The Hall–Kier alpha value is -1.53. The Morgan fingerprint density at radius 2 is 1.61 bits per heavy atom. The molecule has 0 atom stereocenters. The van der Waals surface area contributed by atoms with Crippen molar-refractivity contribution in [2.75, 3.05) is 14.2 Å². The minimum absolute atomic E-state index is 0.402. The molecule has 0 aliphatic carbocycles. The van der Waals surface area contributed by atoms with Gasteiger partial charge in [-0.25, -0.2) is 4.39 Å². The van der Waals surface area contributed by atoms with Crippen molar-refractivity contribution in [3.63, 3.8) is 0 Å². The first-order chi connectivity index (χ1) is 10.6. The van der Waals surface area contributed by atoms with Crippen molar-refractivity contribution in [1.82, 2.24) is 0 Å². The fraction of sp³-hybridized carbons (Fsp3) is 0.529. The highest BCUT2D eigenvalue weighted by molar-refractivity contribution is 6.55. The van der Waals surface area contributed by atoms with Gasteiger partial charge in [-0.1, -0.05) is 12.1 Å². The Balaban J connectivity index is 2.43. The summed E-state index contributed by atoms with van der Waals surface area (Å²) < 4.78 is 37.1. The van der Waals surface area contributed by atoms with Crippen LogP contribution in [0.4, 0.5) is 4.39 Å². The summed E-state index contributed by atoms with van der Waals surface area (Å²) in [5.74, 6) is 1.03. The molecule has 126 valence electrons. The van der Waals surface area contributed by atoms with Gasteiger partial charge in [-0.3, -0.25) is 0 Å². The van der Waals surface area contributed by atoms with Crippen molar-refractivity contribution >= 4 is 12.7 Å². The smallest absolute Gasteiger partial charge is 0.493 e. The van der Waals surface area contributed by atoms with Gasteiger partial charge < -0.3 is 18.8 Å². The molecule has 23 heavy (non-hydrogen) atoms. The zero-order chi connectivity index (χ0) is 17.4. The number of benzene rings is 1. The van der Waals surface area contributed by atoms with Crippen LogP contribution in [0.5, 0.6) is 11.5 Å². The van der Waals surface area contributed by atoms with Crippen LogP contribution in [0.1, 0.15) is 40.2 Å². The molecule has 1 fully saturated rings. The predicted molar refractivity (Wildman–Crippen MR) is 89.3 cm³/mol. The van der Waals surface area contributed by atoms with Crippen molar-refractivity contribution in [1.29, 1.82) is 0 Å². The molecule has 1 aromatic rings. The molecule has 0 bridgehead atoms. The second-order valence-corrected chi connectivity index (χ2v) is 6.60. The number of methoxy groups -OCH3 is 2. The second-order valence-electron chi connectivity index (χ2n) is 6.60. The molecule has 2 rings (SSSR count). The quantitative estimate of drug-likeness (QED) is 0.784. The molecule has 1 aliphatic heterocycles. The molecular formula is C17H24BFO4. The standard InChI is InChI=1S/C17H24BFO4/c1-11(12-9-8-10-13(20-6)14(12)21-7)15(19)18-22-16(2,3)17(4,5)23-18/h8-10H,1-7H3. The maximum atomic E-state index is 15.0. The van der Waals surface area contributed by atoms with E-state index in [-0.39, 0.29) is 0 Å². The monoisotopic (exact) mass is 322 g/mol. The van der Waals surface area contributed by atoms with Crippen LogP contribution in [0.3, 0.4) is 0 Å². The summed E-state index contributed by atoms with van der Waals surface area (Å²) in [4.78, 5) is 0. The molecule has 1 heterocycles. The van der Waals surface area contributed by atoms with Crippen molar-refractivity contribution < 1.29 is 23.2 Å². The Morgan fingerprint density at radius 3 is 2.09 bits per heavy atom. The first kappa shape index (κ1) is 17.8. The van der Waals surface area contributed by atoms with Gasteiger partial charge in [0, 0.05) is 5.56 Å². The van der Waals surface area contributed by atoms with Gasteiger partial charge in [0.1, 0.15) is 5.73 Å². The molecule has 0 saturated carbocycles. The van der Waals surface area contributed by atoms with Crippen molar-refractivity contribution in [3.05, 3.63) is 29.5 Å². The Labute approximate surface area is 137 Å². The third-order valence-corrected chi connectivity index (χ3v) is 4.63. The van der Waals surface area contributed by atoms with Gasteiger partial charge in [-0.15, -0.1) is 0 Å². The van der Waals surface area contributed by atoms with Gasteiger partial charge in [0.05, 0.1) is 25.4 Å². The summed E-state index contributed by atoms with van der Waals surface area (Å²) in [6, 6.07) is 5.33. The lowest BCUT2D eigenvalue weighted by Gasteiger charge is -2.32. The fourth-order valence-electron chi connectivity index (χ4n) is 2.43. The third-order valence-electron chi connectivity index (χ3n) is 4.63. The van der Waals surface area contributed by atoms with Crippen LogP contribution in [-0.4, -0.2) is 32.5 Å². The van der Waals surface area contributed by atoms with Crippen LogP contribution in [0, 0.1) is 0 Å². The highest BCUT2D eigenvalue weighted by atomic mass is 19.1. The molecule has 0 spiro atoms. The molecule has 1 aliphatic rings. The Kier molecular flexibility index (Phi) is 4.78. The molecule has 0 amide bonds. The lowest BCUT2D eigenvalue weighted by molar-refractivity contribution is 0.00578. The van der Waals surface area contributed by atoms with E-state index in [1.165, 1.54) is 7.11 Å². The summed E-state index contributed by atoms with van der Waals surface area (Å²) in [6.45, 7) is 9.24. The molecule has 0 aromatic heterocycles. The molecule has 0 unspecified atom stereocenters. The van der Waals surface area contributed by atoms with Gasteiger partial charge >= 0.3 is 7.12 Å². The first-order valence-electron chi connectivity index (χ1n) is 7.58. The van der Waals surface area contributed by atoms with E-state index >= 15 is 0 Å². The molecule has 6 heteroatoms. The van der Waals surface area contributed by atoms with Gasteiger partial charge in [-0.05, 0) is 46.3 Å². The van der Waals surface area contributed by atoms with E-state index in [4.69, 9.17) is 18.8 Å². The molecule has 0 N–H and O–H groups in total. The van der Waals surface area contributed by atoms with Gasteiger partial charge in [0.2, 0.25) is 0 Å². The summed E-state index contributed by atoms with van der Waals surface area (Å²) in [6.07, 6.45) is 0. The number of ether oxygens (including phenoxy) is 2. The van der Waals surface area contributed by atoms with Crippen LogP contribution in [0.25, 0.3) is 5.57 Å². The molecule has 4 nitrogen and oxygen atoms in total. The van der Waals surface area contributed by atoms with Crippen LogP contribution < -0.4 is 9.47 Å². The minimum Gasteiger partial charge on any atom is -0.493 e. The summed E-state index contributed by atoms with van der Waals surface area (Å²) in [5, 5.41) is 0. The average Bonchev–Trinajstić information content (AvgIpc) is 2.72. The van der Waals surface area contributed by atoms with Crippen molar-refractivity contribution in [3.8, 4) is 11.5 Å². The maximum absolute atomic E-state index is 15.0. The van der Waals surface area contributed by atoms with Crippen LogP contribution in [0.2, 0.25) is 0 Å². The summed E-state index contributed by atoms with van der Waals surface area (Å²) in [7, 11) is 2.04. The second kappa shape index (κ2) is 6.17. The minimum atomic E-state index is -1.03. The number of hydrogen-bond acceptors (Lipinski definition) is 4. The van der Waals surface area contributed by atoms with E-state index in [9.17, 15) is 4.39 Å². The summed E-state index contributed by atoms with van der Waals surface area (Å²) >= 11 is 0. The average molecular weight is 322 g/mol. The molecular weight excluding hydrogens is 298 g/mol. The highest BCUT2D eigenvalue weighted by Gasteiger charge is 2.53. The van der Waals surface area contributed by atoms with Gasteiger partial charge in [0.25, 0.3) is 0 Å². The number of allylic oxidation sites excluding steroid dienone is 1. The lowest BCUT2D eigenvalue weighted by Crippen LogP contribution is -2.41. The van der Waals surface area contributed by atoms with E-state index < -0.39 is 24.0 Å². The number of hydrogen-bond donors (Lipinski definition) is 0. The van der Waals surface area contributed by atoms with E-state index in [1.54, 1.807) is 32.2 Å². The number of para-hydroxylation sites is 1. The van der Waals surface area contributed by atoms with Crippen molar-refractivity contribution in [2.45, 2.75) is 45.8 Å². The van der Waals surface area contributed by atoms with E-state index in [2.05, 4.69) is 0 Å². The van der Waals surface area contributed by atoms with E-state index in [1.807, 2.05) is 27.7 Å². The molecule has 1 aromatic carbocycles. The van der Waals surface area contributed by atoms with Gasteiger partial charge in [-0.2, -0.15) is 0 Å². The summed E-state index contributed by atoms with van der Waals surface area (Å²) in [5.41, 5.74) is -0.630. The molecule has 1 saturated heterocycles. The van der Waals surface area contributed by atoms with Crippen molar-refractivity contribution in [2.24, 2.45) is 0 Å². The Morgan fingerprint density at radius 1 is 1.04 bits per heavy atom. The Bertz CT molecular complexity index is 609. The topological polar surface area (TPSA) is 36.9 Å². The third kappa shape index (κ3) is 3.10. The van der Waals surface area contributed by atoms with Crippen LogP contribution in [-0.2, 0) is 9.31 Å². The SMILES string of the molecule is COc1cccc(C(C)=C(F)B2OC(C)(C)C(C)(C)O2)c1OC. The van der Waals surface area contributed by atoms with Crippen LogP contribution >= 0.6 is 0 Å². The van der Waals surface area contributed by atoms with Gasteiger partial charge in [0.15, 0.2) is 11.5 Å². The first-order valence-corrected chi connectivity index (χ1v) is 7.58. The van der Waals surface area contributed by atoms with Crippen LogP contribution in [0.15, 0.2) is 23.9 Å². The number of halogens is 1. The normalized spacial score (nSPS) is 20.3. The molecule has 0 radical (unpaired) electrons. The largest absolute Gasteiger partial charge is 0.525 e.